The molecule has 0 aliphatic rings. The van der Waals surface area contributed by atoms with Crippen LogP contribution in [0.1, 0.15) is 24.3 Å². The van der Waals surface area contributed by atoms with Crippen molar-refractivity contribution in [3.05, 3.63) is 60.0 Å². The van der Waals surface area contributed by atoms with Crippen LogP contribution in [0.2, 0.25) is 0 Å². The maximum absolute atomic E-state index is 13.2. The van der Waals surface area contributed by atoms with Crippen molar-refractivity contribution in [1.82, 2.24) is 4.98 Å². The number of hydrogen-bond donors (Lipinski definition) is 2. The van der Waals surface area contributed by atoms with E-state index >= 15 is 0 Å². The first-order valence-electron chi connectivity index (χ1n) is 7.38. The molecule has 23 heavy (non-hydrogen) atoms. The summed E-state index contributed by atoms with van der Waals surface area (Å²) in [5.74, 6) is -0.0404. The van der Waals surface area contributed by atoms with Crippen molar-refractivity contribution in [3.8, 4) is 5.75 Å². The van der Waals surface area contributed by atoms with Gasteiger partial charge in [0.2, 0.25) is 0 Å². The topological polar surface area (TPSA) is 54.1 Å². The molecule has 0 aliphatic heterocycles. The quantitative estimate of drug-likeness (QED) is 0.752. The highest BCUT2D eigenvalue weighted by atomic mass is 19.1. The van der Waals surface area contributed by atoms with Gasteiger partial charge in [-0.15, -0.1) is 0 Å². The number of carbonyl (C=O) groups is 1. The van der Waals surface area contributed by atoms with E-state index in [-0.39, 0.29) is 17.8 Å². The lowest BCUT2D eigenvalue weighted by Crippen LogP contribution is -2.14. The highest BCUT2D eigenvalue weighted by Crippen LogP contribution is 2.26. The molecule has 2 aromatic carbocycles. The minimum absolute atomic E-state index is 0.00380. The predicted octanol–water partition coefficient (Wildman–Crippen LogP) is 4.35. The van der Waals surface area contributed by atoms with Gasteiger partial charge in [-0.05, 0) is 50.2 Å². The third kappa shape index (κ3) is 3.34. The maximum Gasteiger partial charge on any atom is 0.272 e. The summed E-state index contributed by atoms with van der Waals surface area (Å²) in [6.07, 6.45) is 0.00380. The van der Waals surface area contributed by atoms with Gasteiger partial charge in [-0.1, -0.05) is 12.1 Å². The van der Waals surface area contributed by atoms with Crippen LogP contribution in [-0.2, 0) is 0 Å². The van der Waals surface area contributed by atoms with E-state index in [0.717, 1.165) is 5.39 Å². The third-order valence-corrected chi connectivity index (χ3v) is 3.33. The highest BCUT2D eigenvalue weighted by Gasteiger charge is 2.13. The summed E-state index contributed by atoms with van der Waals surface area (Å²) in [7, 11) is 0. The highest BCUT2D eigenvalue weighted by molar-refractivity contribution is 6.06. The lowest BCUT2D eigenvalue weighted by Gasteiger charge is -2.14. The number of nitrogens with one attached hydrogen (secondary N) is 2. The number of para-hydroxylation sites is 2. The monoisotopic (exact) mass is 312 g/mol. The molecule has 0 unspecified atom stereocenters. The molecule has 1 aromatic heterocycles. The minimum atomic E-state index is -0.345. The molecule has 0 atom stereocenters. The van der Waals surface area contributed by atoms with Crippen LogP contribution in [0.5, 0.6) is 5.75 Å². The second-order valence-corrected chi connectivity index (χ2v) is 5.53. The number of anilines is 1. The third-order valence-electron chi connectivity index (χ3n) is 3.33. The number of aromatic nitrogens is 1. The van der Waals surface area contributed by atoms with E-state index in [2.05, 4.69) is 10.3 Å². The summed E-state index contributed by atoms with van der Waals surface area (Å²) >= 11 is 0. The van der Waals surface area contributed by atoms with Crippen molar-refractivity contribution in [2.24, 2.45) is 0 Å². The Balaban J connectivity index is 1.86. The van der Waals surface area contributed by atoms with Gasteiger partial charge >= 0.3 is 0 Å². The molecule has 3 rings (SSSR count). The number of aromatic amines is 1. The lowest BCUT2D eigenvalue weighted by molar-refractivity contribution is 0.102. The summed E-state index contributed by atoms with van der Waals surface area (Å²) in [6, 6.07) is 13.3. The zero-order chi connectivity index (χ0) is 16.4. The second-order valence-electron chi connectivity index (χ2n) is 5.53. The van der Waals surface area contributed by atoms with Crippen LogP contribution in [-0.4, -0.2) is 17.0 Å². The molecule has 0 saturated heterocycles. The van der Waals surface area contributed by atoms with Gasteiger partial charge in [0, 0.05) is 10.9 Å². The number of fused-ring (bicyclic) bond motifs is 1. The Kier molecular flexibility index (Phi) is 4.02. The standard InChI is InChI=1S/C18H17FN2O2/c1-11(2)23-17-6-4-3-5-14(17)21-18(22)16-9-12-7-8-13(19)10-15(12)20-16/h3-11,20H,1-2H3,(H,21,22). The van der Waals surface area contributed by atoms with Crippen LogP contribution in [0.3, 0.4) is 0 Å². The Morgan fingerprint density at radius 3 is 2.74 bits per heavy atom. The number of amides is 1. The molecule has 0 spiro atoms. The second kappa shape index (κ2) is 6.12. The maximum atomic E-state index is 13.2. The van der Waals surface area contributed by atoms with Crippen LogP contribution in [0.15, 0.2) is 48.5 Å². The van der Waals surface area contributed by atoms with Crippen LogP contribution < -0.4 is 10.1 Å². The Labute approximate surface area is 133 Å². The molecule has 3 aromatic rings. The minimum Gasteiger partial charge on any atom is -0.489 e. The Morgan fingerprint density at radius 2 is 1.96 bits per heavy atom. The smallest absolute Gasteiger partial charge is 0.272 e. The van der Waals surface area contributed by atoms with Gasteiger partial charge in [0.05, 0.1) is 11.8 Å². The molecule has 0 aliphatic carbocycles. The number of hydrogen-bond acceptors (Lipinski definition) is 2. The van der Waals surface area contributed by atoms with Gasteiger partial charge in [-0.25, -0.2) is 4.39 Å². The van der Waals surface area contributed by atoms with E-state index in [4.69, 9.17) is 4.74 Å². The average molecular weight is 312 g/mol. The molecule has 4 nitrogen and oxygen atoms in total. The molecule has 2 N–H and O–H groups in total. The zero-order valence-corrected chi connectivity index (χ0v) is 12.9. The number of ether oxygens (including phenoxy) is 1. The van der Waals surface area contributed by atoms with Gasteiger partial charge in [0.25, 0.3) is 5.91 Å². The molecular weight excluding hydrogens is 295 g/mol. The number of rotatable bonds is 4. The predicted molar refractivity (Wildman–Crippen MR) is 88.4 cm³/mol. The molecule has 0 saturated carbocycles. The zero-order valence-electron chi connectivity index (χ0n) is 12.9. The van der Waals surface area contributed by atoms with E-state index in [1.807, 2.05) is 26.0 Å². The SMILES string of the molecule is CC(C)Oc1ccccc1NC(=O)c1cc2ccc(F)cc2[nH]1. The van der Waals surface area contributed by atoms with E-state index < -0.39 is 0 Å². The fourth-order valence-electron chi connectivity index (χ4n) is 2.34. The fourth-order valence-corrected chi connectivity index (χ4v) is 2.34. The van der Waals surface area contributed by atoms with Crippen molar-refractivity contribution in [3.63, 3.8) is 0 Å². The lowest BCUT2D eigenvalue weighted by atomic mass is 10.2. The molecule has 0 radical (unpaired) electrons. The van der Waals surface area contributed by atoms with Crippen molar-refractivity contribution in [2.75, 3.05) is 5.32 Å². The van der Waals surface area contributed by atoms with Crippen molar-refractivity contribution < 1.29 is 13.9 Å². The molecule has 118 valence electrons. The van der Waals surface area contributed by atoms with E-state index in [1.165, 1.54) is 12.1 Å². The summed E-state index contributed by atoms with van der Waals surface area (Å²) in [4.78, 5) is 15.3. The molecule has 1 amide bonds. The molecule has 0 bridgehead atoms. The van der Waals surface area contributed by atoms with E-state index in [9.17, 15) is 9.18 Å². The summed E-state index contributed by atoms with van der Waals surface area (Å²) in [5, 5.41) is 3.60. The molecule has 5 heteroatoms. The van der Waals surface area contributed by atoms with Crippen molar-refractivity contribution in [1.29, 1.82) is 0 Å². The first kappa shape index (κ1) is 15.1. The first-order valence-corrected chi connectivity index (χ1v) is 7.38. The van der Waals surface area contributed by atoms with Crippen LogP contribution in [0.25, 0.3) is 10.9 Å². The summed E-state index contributed by atoms with van der Waals surface area (Å²) < 4.78 is 18.9. The van der Waals surface area contributed by atoms with E-state index in [1.54, 1.807) is 24.3 Å². The molecule has 0 fully saturated rings. The number of carbonyl (C=O) groups excluding carboxylic acids is 1. The van der Waals surface area contributed by atoms with E-state index in [0.29, 0.717) is 22.6 Å². The Bertz CT molecular complexity index is 855. The van der Waals surface area contributed by atoms with Gasteiger partial charge in [-0.2, -0.15) is 0 Å². The Hall–Kier alpha value is -2.82. The van der Waals surface area contributed by atoms with Crippen molar-refractivity contribution in [2.45, 2.75) is 20.0 Å². The van der Waals surface area contributed by atoms with Gasteiger partial charge in [-0.3, -0.25) is 4.79 Å². The van der Waals surface area contributed by atoms with Crippen LogP contribution >= 0.6 is 0 Å². The Morgan fingerprint density at radius 1 is 1.17 bits per heavy atom. The summed E-state index contributed by atoms with van der Waals surface area (Å²) in [5.41, 5.74) is 1.54. The molecular formula is C18H17FN2O2. The fraction of sp³-hybridized carbons (Fsp3) is 0.167. The summed E-state index contributed by atoms with van der Waals surface area (Å²) in [6.45, 7) is 3.84. The van der Waals surface area contributed by atoms with Gasteiger partial charge in [0.1, 0.15) is 17.3 Å². The van der Waals surface area contributed by atoms with Crippen molar-refractivity contribution >= 4 is 22.5 Å². The average Bonchev–Trinajstić information content (AvgIpc) is 2.92. The van der Waals surface area contributed by atoms with Crippen LogP contribution in [0, 0.1) is 5.82 Å². The number of benzene rings is 2. The number of halogens is 1. The van der Waals surface area contributed by atoms with Gasteiger partial charge < -0.3 is 15.0 Å². The number of H-pyrrole nitrogens is 1. The largest absolute Gasteiger partial charge is 0.489 e. The van der Waals surface area contributed by atoms with Gasteiger partial charge in [0.15, 0.2) is 0 Å². The first-order chi connectivity index (χ1) is 11.0. The molecule has 1 heterocycles. The van der Waals surface area contributed by atoms with Crippen LogP contribution in [0.4, 0.5) is 10.1 Å². The normalized spacial score (nSPS) is 11.0.